The maximum Gasteiger partial charge on any atom is 0.332 e. The van der Waals surface area contributed by atoms with Gasteiger partial charge in [-0.2, -0.15) is 10.2 Å². The monoisotopic (exact) mass is 588 g/mol. The van der Waals surface area contributed by atoms with Gasteiger partial charge in [0.15, 0.2) is 0 Å². The van der Waals surface area contributed by atoms with E-state index in [2.05, 4.69) is 15.5 Å². The van der Waals surface area contributed by atoms with Crippen LogP contribution in [0.15, 0.2) is 40.2 Å². The Bertz CT molecular complexity index is 1640. The van der Waals surface area contributed by atoms with Crippen LogP contribution in [0, 0.1) is 12.7 Å². The fraction of sp³-hybridized carbons (Fsp3) is 0.444. The van der Waals surface area contributed by atoms with Crippen molar-refractivity contribution in [2.75, 3.05) is 27.4 Å². The molecule has 0 spiro atoms. The number of ether oxygens (including phenoxy) is 3. The molecule has 41 heavy (non-hydrogen) atoms. The summed E-state index contributed by atoms with van der Waals surface area (Å²) in [4.78, 5) is 42.6. The normalized spacial score (nSPS) is 13.1. The van der Waals surface area contributed by atoms with Crippen LogP contribution in [0.3, 0.4) is 0 Å². The van der Waals surface area contributed by atoms with E-state index in [-0.39, 0.29) is 31.2 Å². The molecule has 3 aromatic heterocycles. The molecule has 0 radical (unpaired) electrons. The molecule has 220 valence electrons. The van der Waals surface area contributed by atoms with Gasteiger partial charge >= 0.3 is 5.69 Å². The molecule has 3 heterocycles. The fourth-order valence-electron chi connectivity index (χ4n) is 4.53. The summed E-state index contributed by atoms with van der Waals surface area (Å²) in [5.74, 6) is -0.631. The summed E-state index contributed by atoms with van der Waals surface area (Å²) in [7, 11) is 2.97. The van der Waals surface area contributed by atoms with Crippen LogP contribution in [-0.2, 0) is 20.8 Å². The molecule has 0 saturated carbocycles. The minimum Gasteiger partial charge on any atom is -0.496 e. The standard InChI is InChI=1S/C27H33FN6O6S/c1-15(2)31-23(35)17(4)33-24(36)22-16(3)25(34-29-9-10-30-34)41-26(22)32(27(33)37)14-21(40-12-11-38-5)19-13-18(28)7-8-20(19)39-6/h7-10,13,15,17,21H,11-12,14H2,1-6H3,(H,31,35)/t17-,21-/m0/s1. The van der Waals surface area contributed by atoms with Gasteiger partial charge in [0, 0.05) is 24.3 Å². The summed E-state index contributed by atoms with van der Waals surface area (Å²) >= 11 is 1.16. The molecule has 4 rings (SSSR count). The van der Waals surface area contributed by atoms with Crippen LogP contribution in [0.25, 0.3) is 15.2 Å². The highest BCUT2D eigenvalue weighted by molar-refractivity contribution is 7.21. The average molecular weight is 589 g/mol. The number of thiophene rings is 1. The smallest absolute Gasteiger partial charge is 0.332 e. The highest BCUT2D eigenvalue weighted by atomic mass is 32.1. The summed E-state index contributed by atoms with van der Waals surface area (Å²) in [6.45, 7) is 7.07. The van der Waals surface area contributed by atoms with Gasteiger partial charge in [-0.1, -0.05) is 11.3 Å². The molecule has 12 nitrogen and oxygen atoms in total. The van der Waals surface area contributed by atoms with Crippen molar-refractivity contribution in [3.63, 3.8) is 0 Å². The molecule has 0 saturated heterocycles. The van der Waals surface area contributed by atoms with E-state index in [0.717, 1.165) is 15.9 Å². The summed E-state index contributed by atoms with van der Waals surface area (Å²) in [5, 5.41) is 11.9. The Balaban J connectivity index is 1.98. The van der Waals surface area contributed by atoms with E-state index in [9.17, 15) is 18.8 Å². The lowest BCUT2D eigenvalue weighted by Crippen LogP contribution is -2.47. The topological polar surface area (TPSA) is 132 Å². The Hall–Kier alpha value is -3.88. The second kappa shape index (κ2) is 12.7. The van der Waals surface area contributed by atoms with Gasteiger partial charge in [0.25, 0.3) is 5.56 Å². The van der Waals surface area contributed by atoms with Crippen molar-refractivity contribution in [3.05, 3.63) is 68.4 Å². The second-order valence-electron chi connectivity index (χ2n) is 9.68. The third-order valence-corrected chi connectivity index (χ3v) is 7.79. The van der Waals surface area contributed by atoms with E-state index in [1.807, 2.05) is 0 Å². The van der Waals surface area contributed by atoms with Gasteiger partial charge in [-0.3, -0.25) is 14.2 Å². The molecule has 4 aromatic rings. The molecule has 14 heteroatoms. The molecule has 1 aromatic carbocycles. The van der Waals surface area contributed by atoms with Crippen LogP contribution in [0.1, 0.15) is 44.0 Å². The number of aromatic nitrogens is 5. The van der Waals surface area contributed by atoms with Crippen LogP contribution in [-0.4, -0.2) is 63.5 Å². The van der Waals surface area contributed by atoms with Gasteiger partial charge in [0.05, 0.1) is 44.6 Å². The first-order valence-electron chi connectivity index (χ1n) is 13.0. The average Bonchev–Trinajstić information content (AvgIpc) is 3.58. The third kappa shape index (κ3) is 6.09. The van der Waals surface area contributed by atoms with Gasteiger partial charge < -0.3 is 19.5 Å². The first-order chi connectivity index (χ1) is 19.6. The molecule has 1 amide bonds. The zero-order valence-electron chi connectivity index (χ0n) is 23.7. The van der Waals surface area contributed by atoms with Gasteiger partial charge in [-0.25, -0.2) is 13.8 Å². The number of nitrogens with zero attached hydrogens (tertiary/aromatic N) is 5. The van der Waals surface area contributed by atoms with Crippen LogP contribution < -0.4 is 21.3 Å². The Kier molecular flexibility index (Phi) is 9.35. The fourth-order valence-corrected chi connectivity index (χ4v) is 5.75. The maximum atomic E-state index is 14.4. The summed E-state index contributed by atoms with van der Waals surface area (Å²) in [6, 6.07) is 2.71. The molecule has 0 fully saturated rings. The van der Waals surface area contributed by atoms with Crippen molar-refractivity contribution < 1.29 is 23.4 Å². The quantitative estimate of drug-likeness (QED) is 0.250. The summed E-state index contributed by atoms with van der Waals surface area (Å²) < 4.78 is 33.4. The van der Waals surface area contributed by atoms with E-state index >= 15 is 0 Å². The van der Waals surface area contributed by atoms with Gasteiger partial charge in [0.1, 0.15) is 33.5 Å². The number of amides is 1. The van der Waals surface area contributed by atoms with Gasteiger partial charge in [-0.15, -0.1) is 4.80 Å². The maximum absolute atomic E-state index is 14.4. The zero-order chi connectivity index (χ0) is 29.8. The number of carbonyl (C=O) groups is 1. The minimum atomic E-state index is -1.12. The lowest BCUT2D eigenvalue weighted by atomic mass is 10.1. The Labute approximate surface area is 239 Å². The van der Waals surface area contributed by atoms with Crippen LogP contribution in [0.2, 0.25) is 0 Å². The minimum absolute atomic E-state index is 0.121. The molecule has 0 aliphatic carbocycles. The predicted molar refractivity (Wildman–Crippen MR) is 152 cm³/mol. The molecule has 0 aliphatic heterocycles. The number of benzene rings is 1. The van der Waals surface area contributed by atoms with Crippen LogP contribution in [0.4, 0.5) is 4.39 Å². The largest absolute Gasteiger partial charge is 0.496 e. The number of rotatable bonds is 12. The summed E-state index contributed by atoms with van der Waals surface area (Å²) in [6.07, 6.45) is 2.13. The number of hydrogen-bond donors (Lipinski definition) is 1. The lowest BCUT2D eigenvalue weighted by molar-refractivity contribution is -0.124. The number of nitrogens with one attached hydrogen (secondary N) is 1. The number of fused-ring (bicyclic) bond motifs is 1. The molecular formula is C27H33FN6O6S. The molecule has 0 aliphatic rings. The van der Waals surface area contributed by atoms with E-state index in [0.29, 0.717) is 26.7 Å². The molecule has 2 atom stereocenters. The SMILES string of the molecule is COCCO[C@@H](Cn1c(=O)n([C@@H](C)C(=O)NC(C)C)c(=O)c2c(C)c(-n3nccn3)sc21)c1cc(F)ccc1OC. The molecule has 1 N–H and O–H groups in total. The van der Waals surface area contributed by atoms with Gasteiger partial charge in [0.2, 0.25) is 5.91 Å². The van der Waals surface area contributed by atoms with Crippen molar-refractivity contribution in [1.29, 1.82) is 0 Å². The Morgan fingerprint density at radius 2 is 1.83 bits per heavy atom. The van der Waals surface area contributed by atoms with Crippen molar-refractivity contribution >= 4 is 27.5 Å². The number of aryl methyl sites for hydroxylation is 1. The lowest BCUT2D eigenvalue weighted by Gasteiger charge is -2.23. The predicted octanol–water partition coefficient (Wildman–Crippen LogP) is 2.75. The number of methoxy groups -OCH3 is 2. The van der Waals surface area contributed by atoms with E-state index in [1.54, 1.807) is 20.8 Å². The van der Waals surface area contributed by atoms with E-state index in [1.165, 1.54) is 61.1 Å². The number of carbonyl (C=O) groups excluding carboxylic acids is 1. The molecule has 0 unspecified atom stereocenters. The first-order valence-corrected chi connectivity index (χ1v) is 13.8. The van der Waals surface area contributed by atoms with Crippen molar-refractivity contribution in [3.8, 4) is 10.8 Å². The highest BCUT2D eigenvalue weighted by Crippen LogP contribution is 2.34. The zero-order valence-corrected chi connectivity index (χ0v) is 24.5. The summed E-state index contributed by atoms with van der Waals surface area (Å²) in [5.41, 5.74) is -0.412. The second-order valence-corrected chi connectivity index (χ2v) is 10.7. The van der Waals surface area contributed by atoms with Crippen molar-refractivity contribution in [1.82, 2.24) is 29.4 Å². The van der Waals surface area contributed by atoms with Crippen molar-refractivity contribution in [2.24, 2.45) is 0 Å². The molecule has 0 bridgehead atoms. The first kappa shape index (κ1) is 30.1. The van der Waals surface area contributed by atoms with Crippen LogP contribution in [0.5, 0.6) is 5.75 Å². The highest BCUT2D eigenvalue weighted by Gasteiger charge is 2.29. The number of halogens is 1. The molecular weight excluding hydrogens is 555 g/mol. The van der Waals surface area contributed by atoms with Crippen molar-refractivity contribution in [2.45, 2.75) is 52.4 Å². The van der Waals surface area contributed by atoms with E-state index in [4.69, 9.17) is 14.2 Å². The number of hydrogen-bond acceptors (Lipinski definition) is 9. The van der Waals surface area contributed by atoms with E-state index < -0.39 is 35.1 Å². The Morgan fingerprint density at radius 3 is 2.46 bits per heavy atom. The van der Waals surface area contributed by atoms with Gasteiger partial charge in [-0.05, 0) is 45.9 Å². The third-order valence-electron chi connectivity index (χ3n) is 6.51. The van der Waals surface area contributed by atoms with Crippen LogP contribution >= 0.6 is 11.3 Å². The Morgan fingerprint density at radius 1 is 1.12 bits per heavy atom.